The second-order valence-corrected chi connectivity index (χ2v) is 10.0. The number of fused-ring (bicyclic) bond motifs is 3. The molecule has 6 rings (SSSR count). The number of benzene rings is 2. The summed E-state index contributed by atoms with van der Waals surface area (Å²) in [7, 11) is 0. The number of hydrogen-bond donors (Lipinski definition) is 2. The minimum atomic E-state index is -0.508. The third-order valence-electron chi connectivity index (χ3n) is 6.98. The maximum atomic E-state index is 13.6. The molecule has 4 heterocycles. The van der Waals surface area contributed by atoms with Crippen molar-refractivity contribution in [3.63, 3.8) is 0 Å². The molecule has 198 valence electrons. The van der Waals surface area contributed by atoms with Crippen LogP contribution >= 0.6 is 11.6 Å². The molecule has 0 unspecified atom stereocenters. The van der Waals surface area contributed by atoms with E-state index in [0.717, 1.165) is 26.0 Å². The lowest BCUT2D eigenvalue weighted by molar-refractivity contribution is -0.111. The molecule has 11 heteroatoms. The number of ether oxygens (including phenoxy) is 3. The monoisotopic (exact) mass is 539 g/mol. The Kier molecular flexibility index (Phi) is 7.12. The van der Waals surface area contributed by atoms with E-state index < -0.39 is 5.82 Å². The standard InChI is InChI=1S/C27H27ClFN5O4/c28-21-8-16(3-4-22(21)29)32-27-20-10-24(25(11-23(20)30-15-31-27)38-18-5-7-36-14-18)33-26(35)2-1-6-34-12-19-9-17(34)13-37-19/h1-4,8,10-11,15,17-19H,5-7,9,12-14H2,(H,33,35)(H,30,31,32)/t17-,18+,19-/m1/s1. The van der Waals surface area contributed by atoms with Crippen molar-refractivity contribution in [1.29, 1.82) is 0 Å². The molecule has 1 aromatic heterocycles. The third kappa shape index (κ3) is 5.44. The molecule has 3 fully saturated rings. The van der Waals surface area contributed by atoms with Gasteiger partial charge in [0.15, 0.2) is 0 Å². The minimum absolute atomic E-state index is 0.00291. The van der Waals surface area contributed by atoms with Gasteiger partial charge in [-0.3, -0.25) is 9.69 Å². The van der Waals surface area contributed by atoms with Crippen molar-refractivity contribution < 1.29 is 23.4 Å². The number of hydrogen-bond acceptors (Lipinski definition) is 8. The Labute approximate surface area is 223 Å². The molecular weight excluding hydrogens is 513 g/mol. The van der Waals surface area contributed by atoms with Gasteiger partial charge in [0.25, 0.3) is 0 Å². The zero-order valence-electron chi connectivity index (χ0n) is 20.5. The van der Waals surface area contributed by atoms with Gasteiger partial charge in [0.05, 0.1) is 42.2 Å². The summed E-state index contributed by atoms with van der Waals surface area (Å²) in [4.78, 5) is 24.0. The largest absolute Gasteiger partial charge is 0.486 e. The van der Waals surface area contributed by atoms with Gasteiger partial charge < -0.3 is 24.8 Å². The Morgan fingerprint density at radius 1 is 1.26 bits per heavy atom. The Hall–Kier alpha value is -3.31. The predicted octanol–water partition coefficient (Wildman–Crippen LogP) is 4.30. The van der Waals surface area contributed by atoms with Crippen LogP contribution in [0.15, 0.2) is 48.8 Å². The van der Waals surface area contributed by atoms with Crippen LogP contribution in [-0.4, -0.2) is 71.9 Å². The second kappa shape index (κ2) is 10.8. The van der Waals surface area contributed by atoms with Crippen LogP contribution in [0.3, 0.4) is 0 Å². The predicted molar refractivity (Wildman–Crippen MR) is 142 cm³/mol. The topological polar surface area (TPSA) is 97.8 Å². The van der Waals surface area contributed by atoms with Crippen molar-refractivity contribution >= 4 is 45.6 Å². The molecule has 1 amide bonds. The molecule has 2 aromatic carbocycles. The first-order valence-electron chi connectivity index (χ1n) is 12.6. The maximum absolute atomic E-state index is 13.6. The van der Waals surface area contributed by atoms with Gasteiger partial charge in [-0.1, -0.05) is 17.7 Å². The van der Waals surface area contributed by atoms with E-state index in [1.165, 1.54) is 18.5 Å². The molecule has 3 aliphatic rings. The van der Waals surface area contributed by atoms with E-state index in [4.69, 9.17) is 25.8 Å². The van der Waals surface area contributed by atoms with Crippen molar-refractivity contribution in [2.45, 2.75) is 31.1 Å². The highest BCUT2D eigenvalue weighted by Crippen LogP contribution is 2.35. The van der Waals surface area contributed by atoms with Gasteiger partial charge >= 0.3 is 0 Å². The summed E-state index contributed by atoms with van der Waals surface area (Å²) in [6, 6.07) is 8.31. The lowest BCUT2D eigenvalue weighted by Crippen LogP contribution is -2.36. The van der Waals surface area contributed by atoms with E-state index in [-0.39, 0.29) is 17.0 Å². The number of rotatable bonds is 8. The van der Waals surface area contributed by atoms with Crippen LogP contribution in [0.2, 0.25) is 5.02 Å². The SMILES string of the molecule is O=C(C=CCN1C[C@H]2C[C@@H]1CO2)Nc1cc2c(Nc3ccc(F)c(Cl)c3)ncnc2cc1O[C@H]1CCOC1. The van der Waals surface area contributed by atoms with Gasteiger partial charge in [-0.2, -0.15) is 0 Å². The number of carbonyl (C=O) groups is 1. The van der Waals surface area contributed by atoms with E-state index in [1.807, 2.05) is 6.08 Å². The number of nitrogens with one attached hydrogen (secondary N) is 2. The number of amides is 1. The second-order valence-electron chi connectivity index (χ2n) is 9.64. The van der Waals surface area contributed by atoms with Crippen molar-refractivity contribution in [3.05, 3.63) is 59.7 Å². The summed E-state index contributed by atoms with van der Waals surface area (Å²) in [5.74, 6) is 0.198. The molecule has 3 atom stereocenters. The van der Waals surface area contributed by atoms with E-state index in [1.54, 1.807) is 24.3 Å². The molecular formula is C27H27ClFN5O4. The van der Waals surface area contributed by atoms with Crippen molar-refractivity contribution in [2.24, 2.45) is 0 Å². The van der Waals surface area contributed by atoms with Crippen LogP contribution < -0.4 is 15.4 Å². The van der Waals surface area contributed by atoms with Crippen molar-refractivity contribution in [3.8, 4) is 5.75 Å². The van der Waals surface area contributed by atoms with Crippen molar-refractivity contribution in [2.75, 3.05) is 43.5 Å². The molecule has 9 nitrogen and oxygen atoms in total. The third-order valence-corrected chi connectivity index (χ3v) is 7.27. The average molecular weight is 540 g/mol. The van der Waals surface area contributed by atoms with Crippen LogP contribution in [0.25, 0.3) is 10.9 Å². The molecule has 2 bridgehead atoms. The van der Waals surface area contributed by atoms with Gasteiger partial charge in [0, 0.05) is 48.8 Å². The Morgan fingerprint density at radius 2 is 2.18 bits per heavy atom. The maximum Gasteiger partial charge on any atom is 0.248 e. The van der Waals surface area contributed by atoms with E-state index in [0.29, 0.717) is 65.7 Å². The summed E-state index contributed by atoms with van der Waals surface area (Å²) in [5.41, 5.74) is 1.67. The molecule has 0 radical (unpaired) electrons. The first-order valence-corrected chi connectivity index (χ1v) is 13.0. The molecule has 0 saturated carbocycles. The number of anilines is 3. The van der Waals surface area contributed by atoms with Gasteiger partial charge in [-0.05, 0) is 30.7 Å². The number of likely N-dealkylation sites (tertiary alicyclic amines) is 1. The number of aromatic nitrogens is 2. The van der Waals surface area contributed by atoms with E-state index in [9.17, 15) is 9.18 Å². The quantitative estimate of drug-likeness (QED) is 0.409. The molecule has 0 spiro atoms. The highest BCUT2D eigenvalue weighted by Gasteiger charge is 2.38. The summed E-state index contributed by atoms with van der Waals surface area (Å²) in [6.07, 6.45) is 6.86. The Bertz CT molecular complexity index is 1380. The van der Waals surface area contributed by atoms with Crippen LogP contribution in [0.1, 0.15) is 12.8 Å². The fourth-order valence-corrected chi connectivity index (χ4v) is 5.23. The summed E-state index contributed by atoms with van der Waals surface area (Å²) in [6.45, 7) is 3.46. The van der Waals surface area contributed by atoms with Gasteiger partial charge in [0.2, 0.25) is 5.91 Å². The van der Waals surface area contributed by atoms with Crippen LogP contribution in [0.4, 0.5) is 21.6 Å². The van der Waals surface area contributed by atoms with Crippen LogP contribution in [-0.2, 0) is 14.3 Å². The molecule has 2 N–H and O–H groups in total. The zero-order chi connectivity index (χ0) is 26.1. The Balaban J connectivity index is 1.25. The summed E-state index contributed by atoms with van der Waals surface area (Å²) in [5, 5.41) is 6.76. The highest BCUT2D eigenvalue weighted by molar-refractivity contribution is 6.31. The lowest BCUT2D eigenvalue weighted by atomic mass is 10.1. The number of halogens is 2. The van der Waals surface area contributed by atoms with E-state index >= 15 is 0 Å². The molecule has 0 aliphatic carbocycles. The van der Waals surface area contributed by atoms with Crippen LogP contribution in [0.5, 0.6) is 5.75 Å². The van der Waals surface area contributed by atoms with Gasteiger partial charge in [0.1, 0.15) is 29.8 Å². The van der Waals surface area contributed by atoms with Gasteiger partial charge in [-0.25, -0.2) is 14.4 Å². The smallest absolute Gasteiger partial charge is 0.248 e. The summed E-state index contributed by atoms with van der Waals surface area (Å²) < 4.78 is 30.9. The molecule has 3 saturated heterocycles. The van der Waals surface area contributed by atoms with E-state index in [2.05, 4.69) is 25.5 Å². The fraction of sp³-hybridized carbons (Fsp3) is 0.370. The average Bonchev–Trinajstić information content (AvgIpc) is 3.66. The first-order chi connectivity index (χ1) is 18.5. The minimum Gasteiger partial charge on any atom is -0.486 e. The summed E-state index contributed by atoms with van der Waals surface area (Å²) >= 11 is 5.95. The number of nitrogens with zero attached hydrogens (tertiary/aromatic N) is 3. The zero-order valence-corrected chi connectivity index (χ0v) is 21.3. The number of morpholine rings is 1. The molecule has 38 heavy (non-hydrogen) atoms. The highest BCUT2D eigenvalue weighted by atomic mass is 35.5. The van der Waals surface area contributed by atoms with Gasteiger partial charge in [-0.15, -0.1) is 0 Å². The van der Waals surface area contributed by atoms with Crippen molar-refractivity contribution in [1.82, 2.24) is 14.9 Å². The van der Waals surface area contributed by atoms with Crippen LogP contribution in [0, 0.1) is 5.82 Å². The Morgan fingerprint density at radius 3 is 2.95 bits per heavy atom. The number of carbonyl (C=O) groups excluding carboxylic acids is 1. The lowest BCUT2D eigenvalue weighted by Gasteiger charge is -2.25. The normalized spacial score (nSPS) is 22.9. The fourth-order valence-electron chi connectivity index (χ4n) is 5.05. The molecule has 3 aromatic rings. The first kappa shape index (κ1) is 25.0. The molecule has 3 aliphatic heterocycles.